The fourth-order valence-corrected chi connectivity index (χ4v) is 1.85. The van der Waals surface area contributed by atoms with Crippen LogP contribution in [0.25, 0.3) is 6.08 Å². The Balaban J connectivity index is 0.00000220. The van der Waals surface area contributed by atoms with Crippen molar-refractivity contribution in [2.45, 2.75) is 6.92 Å². The lowest BCUT2D eigenvalue weighted by molar-refractivity contribution is 0.104. The van der Waals surface area contributed by atoms with Crippen molar-refractivity contribution in [2.75, 3.05) is 6.61 Å². The molecule has 2 nitrogen and oxygen atoms in total. The summed E-state index contributed by atoms with van der Waals surface area (Å²) in [7, 11) is 0. The van der Waals surface area contributed by atoms with Gasteiger partial charge in [0.25, 0.3) is 0 Å². The van der Waals surface area contributed by atoms with Crippen LogP contribution in [0.5, 0.6) is 5.75 Å². The molecule has 110 valence electrons. The number of halogens is 2. The Morgan fingerprint density at radius 1 is 1.10 bits per heavy atom. The average molecular weight is 368 g/mol. The number of hydrogen-bond acceptors (Lipinski definition) is 2. The van der Waals surface area contributed by atoms with E-state index in [9.17, 15) is 4.79 Å². The molecule has 0 aromatic heterocycles. The standard InChI is InChI=1S/C17H15ClO2.BrH/c1-2-20-16-10-6-14(7-11-16)17(19)12-5-13-3-8-15(18)9-4-13;/h3-12H,2H2,1H3;1H/b12-5+;. The van der Waals surface area contributed by atoms with Crippen molar-refractivity contribution in [2.24, 2.45) is 0 Å². The highest BCUT2D eigenvalue weighted by Crippen LogP contribution is 2.14. The van der Waals surface area contributed by atoms with Gasteiger partial charge < -0.3 is 4.74 Å². The quantitative estimate of drug-likeness (QED) is 0.535. The minimum Gasteiger partial charge on any atom is -0.494 e. The summed E-state index contributed by atoms with van der Waals surface area (Å²) in [6.07, 6.45) is 3.33. The lowest BCUT2D eigenvalue weighted by Crippen LogP contribution is -1.95. The minimum atomic E-state index is -0.0389. The van der Waals surface area contributed by atoms with Crippen molar-refractivity contribution in [3.63, 3.8) is 0 Å². The maximum absolute atomic E-state index is 12.0. The van der Waals surface area contributed by atoms with E-state index in [0.717, 1.165) is 11.3 Å². The number of hydrogen-bond donors (Lipinski definition) is 0. The van der Waals surface area contributed by atoms with Crippen molar-refractivity contribution in [3.8, 4) is 5.75 Å². The highest BCUT2D eigenvalue weighted by atomic mass is 79.9. The van der Waals surface area contributed by atoms with Crippen LogP contribution < -0.4 is 4.74 Å². The van der Waals surface area contributed by atoms with Crippen LogP contribution in [-0.2, 0) is 0 Å². The molecule has 4 heteroatoms. The van der Waals surface area contributed by atoms with Crippen LogP contribution in [0.3, 0.4) is 0 Å². The van der Waals surface area contributed by atoms with Gasteiger partial charge in [-0.15, -0.1) is 17.0 Å². The smallest absolute Gasteiger partial charge is 0.185 e. The van der Waals surface area contributed by atoms with Crippen molar-refractivity contribution >= 4 is 40.4 Å². The number of ether oxygens (including phenoxy) is 1. The molecule has 0 atom stereocenters. The molecule has 0 spiro atoms. The molecule has 0 aliphatic rings. The first-order valence-electron chi connectivity index (χ1n) is 6.40. The van der Waals surface area contributed by atoms with E-state index in [1.807, 2.05) is 19.1 Å². The molecule has 0 amide bonds. The van der Waals surface area contributed by atoms with E-state index in [2.05, 4.69) is 0 Å². The van der Waals surface area contributed by atoms with Crippen molar-refractivity contribution < 1.29 is 9.53 Å². The molecule has 0 aliphatic heterocycles. The summed E-state index contributed by atoms with van der Waals surface area (Å²) in [5.41, 5.74) is 1.58. The highest BCUT2D eigenvalue weighted by molar-refractivity contribution is 8.93. The fourth-order valence-electron chi connectivity index (χ4n) is 1.72. The zero-order chi connectivity index (χ0) is 14.4. The molecule has 0 heterocycles. The van der Waals surface area contributed by atoms with Gasteiger partial charge in [0.15, 0.2) is 5.78 Å². The molecule has 0 saturated heterocycles. The largest absolute Gasteiger partial charge is 0.494 e. The van der Waals surface area contributed by atoms with Crippen LogP contribution in [-0.4, -0.2) is 12.4 Å². The van der Waals surface area contributed by atoms with Gasteiger partial charge in [-0.05, 0) is 55.0 Å². The zero-order valence-corrected chi connectivity index (χ0v) is 14.1. The van der Waals surface area contributed by atoms with Gasteiger partial charge in [0.1, 0.15) is 5.75 Å². The molecule has 0 fully saturated rings. The summed E-state index contributed by atoms with van der Waals surface area (Å²) < 4.78 is 5.34. The molecule has 0 radical (unpaired) electrons. The van der Waals surface area contributed by atoms with Gasteiger partial charge in [0, 0.05) is 10.6 Å². The van der Waals surface area contributed by atoms with Crippen LogP contribution in [0.4, 0.5) is 0 Å². The Morgan fingerprint density at radius 2 is 1.71 bits per heavy atom. The second-order valence-electron chi connectivity index (χ2n) is 4.21. The lowest BCUT2D eigenvalue weighted by atomic mass is 10.1. The summed E-state index contributed by atoms with van der Waals surface area (Å²) in [5.74, 6) is 0.730. The van der Waals surface area contributed by atoms with E-state index in [4.69, 9.17) is 16.3 Å². The number of ketones is 1. The summed E-state index contributed by atoms with van der Waals surface area (Å²) in [5, 5.41) is 0.681. The number of allylic oxidation sites excluding steroid dienone is 1. The van der Waals surface area contributed by atoms with Gasteiger partial charge in [-0.25, -0.2) is 0 Å². The van der Waals surface area contributed by atoms with Crippen molar-refractivity contribution in [3.05, 3.63) is 70.8 Å². The van der Waals surface area contributed by atoms with Crippen molar-refractivity contribution in [1.82, 2.24) is 0 Å². The lowest BCUT2D eigenvalue weighted by Gasteiger charge is -2.02. The molecule has 21 heavy (non-hydrogen) atoms. The Kier molecular flexibility index (Phi) is 7.20. The monoisotopic (exact) mass is 366 g/mol. The normalized spacial score (nSPS) is 10.2. The Bertz CT molecular complexity index is 604. The number of carbonyl (C=O) groups excluding carboxylic acids is 1. The molecular weight excluding hydrogens is 352 g/mol. The molecular formula is C17H16BrClO2. The molecule has 0 bridgehead atoms. The second-order valence-corrected chi connectivity index (χ2v) is 4.64. The minimum absolute atomic E-state index is 0. The summed E-state index contributed by atoms with van der Waals surface area (Å²) in [6, 6.07) is 14.4. The van der Waals surface area contributed by atoms with Gasteiger partial charge in [-0.1, -0.05) is 29.8 Å². The van der Waals surface area contributed by atoms with Gasteiger partial charge in [0.05, 0.1) is 6.61 Å². The zero-order valence-electron chi connectivity index (χ0n) is 11.6. The summed E-state index contributed by atoms with van der Waals surface area (Å²) >= 11 is 5.81. The van der Waals surface area contributed by atoms with Crippen molar-refractivity contribution in [1.29, 1.82) is 0 Å². The van der Waals surface area contributed by atoms with Crippen LogP contribution in [0, 0.1) is 0 Å². The maximum Gasteiger partial charge on any atom is 0.185 e. The Hall–Kier alpha value is -1.58. The van der Waals surface area contributed by atoms with Crippen LogP contribution >= 0.6 is 28.6 Å². The third-order valence-electron chi connectivity index (χ3n) is 2.75. The summed E-state index contributed by atoms with van der Waals surface area (Å²) in [4.78, 5) is 12.0. The van der Waals surface area contributed by atoms with E-state index in [1.165, 1.54) is 0 Å². The van der Waals surface area contributed by atoms with Gasteiger partial charge >= 0.3 is 0 Å². The van der Waals surface area contributed by atoms with E-state index in [-0.39, 0.29) is 22.8 Å². The SMILES string of the molecule is Br.CCOc1ccc(C(=O)/C=C/c2ccc(Cl)cc2)cc1. The van der Waals surface area contributed by atoms with Crippen LogP contribution in [0.15, 0.2) is 54.6 Å². The van der Waals surface area contributed by atoms with E-state index >= 15 is 0 Å². The third-order valence-corrected chi connectivity index (χ3v) is 3.00. The molecule has 2 rings (SSSR count). The molecule has 0 saturated carbocycles. The average Bonchev–Trinajstić information content (AvgIpc) is 2.47. The second kappa shape index (κ2) is 8.65. The molecule has 0 aliphatic carbocycles. The van der Waals surface area contributed by atoms with E-state index in [0.29, 0.717) is 17.2 Å². The fraction of sp³-hybridized carbons (Fsp3) is 0.118. The highest BCUT2D eigenvalue weighted by Gasteiger charge is 2.02. The van der Waals surface area contributed by atoms with E-state index in [1.54, 1.807) is 48.6 Å². The first-order valence-corrected chi connectivity index (χ1v) is 6.77. The molecule has 2 aromatic carbocycles. The van der Waals surface area contributed by atoms with Crippen LogP contribution in [0.2, 0.25) is 5.02 Å². The first-order chi connectivity index (χ1) is 9.69. The van der Waals surface area contributed by atoms with Gasteiger partial charge in [-0.3, -0.25) is 4.79 Å². The topological polar surface area (TPSA) is 26.3 Å². The Morgan fingerprint density at radius 3 is 2.29 bits per heavy atom. The summed E-state index contributed by atoms with van der Waals surface area (Å²) in [6.45, 7) is 2.54. The number of rotatable bonds is 5. The first kappa shape index (κ1) is 17.5. The number of benzene rings is 2. The predicted octanol–water partition coefficient (Wildman–Crippen LogP) is 5.21. The van der Waals surface area contributed by atoms with E-state index < -0.39 is 0 Å². The molecule has 0 unspecified atom stereocenters. The number of carbonyl (C=O) groups is 1. The van der Waals surface area contributed by atoms with Gasteiger partial charge in [0.2, 0.25) is 0 Å². The molecule has 0 N–H and O–H groups in total. The molecule has 2 aromatic rings. The maximum atomic E-state index is 12.0. The van der Waals surface area contributed by atoms with Gasteiger partial charge in [-0.2, -0.15) is 0 Å². The Labute approximate surface area is 140 Å². The third kappa shape index (κ3) is 5.37. The van der Waals surface area contributed by atoms with Crippen LogP contribution in [0.1, 0.15) is 22.8 Å². The predicted molar refractivity (Wildman–Crippen MR) is 92.7 cm³/mol.